The Morgan fingerprint density at radius 2 is 2.08 bits per heavy atom. The number of carbonyl (C=O) groups is 1. The highest BCUT2D eigenvalue weighted by Gasteiger charge is 2.27. The van der Waals surface area contributed by atoms with Gasteiger partial charge in [-0.1, -0.05) is 12.1 Å². The van der Waals surface area contributed by atoms with Crippen LogP contribution in [-0.2, 0) is 4.74 Å². The molecule has 3 heterocycles. The van der Waals surface area contributed by atoms with E-state index in [-0.39, 0.29) is 17.8 Å². The molecular weight excluding hydrogens is 337 g/mol. The van der Waals surface area contributed by atoms with Crippen molar-refractivity contribution in [3.05, 3.63) is 65.3 Å². The highest BCUT2D eigenvalue weighted by atomic mass is 19.1. The average molecular weight is 355 g/mol. The zero-order valence-electron chi connectivity index (χ0n) is 14.2. The number of carbonyl (C=O) groups excluding carboxylic acids is 1. The molecule has 1 aliphatic rings. The van der Waals surface area contributed by atoms with Gasteiger partial charge in [0.05, 0.1) is 13.2 Å². The summed E-state index contributed by atoms with van der Waals surface area (Å²) in [5.41, 5.74) is 1.83. The van der Waals surface area contributed by atoms with E-state index in [4.69, 9.17) is 9.15 Å². The van der Waals surface area contributed by atoms with Crippen LogP contribution in [0, 0.1) is 12.7 Å². The lowest BCUT2D eigenvalue weighted by atomic mass is 10.1. The molecular formula is C19H18FN3O3. The molecule has 0 radical (unpaired) electrons. The van der Waals surface area contributed by atoms with Crippen LogP contribution in [0.15, 0.2) is 46.9 Å². The Morgan fingerprint density at radius 1 is 1.27 bits per heavy atom. The van der Waals surface area contributed by atoms with Gasteiger partial charge in [-0.25, -0.2) is 4.39 Å². The molecule has 134 valence electrons. The third-order valence-corrected chi connectivity index (χ3v) is 4.40. The molecule has 1 fully saturated rings. The maximum absolute atomic E-state index is 13.1. The summed E-state index contributed by atoms with van der Waals surface area (Å²) in [5, 5.41) is 6.96. The molecule has 1 unspecified atom stereocenters. The maximum atomic E-state index is 13.1. The van der Waals surface area contributed by atoms with Gasteiger partial charge in [-0.3, -0.25) is 9.89 Å². The van der Waals surface area contributed by atoms with Gasteiger partial charge in [0, 0.05) is 12.6 Å². The van der Waals surface area contributed by atoms with E-state index in [1.165, 1.54) is 12.1 Å². The van der Waals surface area contributed by atoms with Crippen LogP contribution >= 0.6 is 0 Å². The van der Waals surface area contributed by atoms with Gasteiger partial charge < -0.3 is 14.1 Å². The summed E-state index contributed by atoms with van der Waals surface area (Å²) in [6, 6.07) is 11.5. The highest BCUT2D eigenvalue weighted by Crippen LogP contribution is 2.25. The minimum Gasteiger partial charge on any atom is -0.460 e. The fourth-order valence-corrected chi connectivity index (χ4v) is 3.01. The van der Waals surface area contributed by atoms with E-state index in [2.05, 4.69) is 10.2 Å². The Labute approximate surface area is 149 Å². The Balaban J connectivity index is 1.49. The van der Waals surface area contributed by atoms with E-state index in [1.54, 1.807) is 23.1 Å². The van der Waals surface area contributed by atoms with Crippen LogP contribution in [0.4, 0.5) is 4.39 Å². The molecule has 7 heteroatoms. The van der Waals surface area contributed by atoms with Gasteiger partial charge in [-0.15, -0.1) is 0 Å². The third kappa shape index (κ3) is 3.25. The molecule has 1 aromatic carbocycles. The fraction of sp³-hybridized carbons (Fsp3) is 0.263. The normalized spacial score (nSPS) is 17.5. The maximum Gasteiger partial charge on any atom is 0.274 e. The standard InChI is InChI=1S/C19H18FN3O3/c1-12-2-7-17(26-12)15-10-16(22-21-15)19(24)23-8-9-25-18(11-23)13-3-5-14(20)6-4-13/h2-7,10,18H,8-9,11H2,1H3,(H,21,22). The lowest BCUT2D eigenvalue weighted by Crippen LogP contribution is -2.42. The van der Waals surface area contributed by atoms with Crippen molar-refractivity contribution in [2.75, 3.05) is 19.7 Å². The monoisotopic (exact) mass is 355 g/mol. The van der Waals surface area contributed by atoms with Gasteiger partial charge in [0.2, 0.25) is 0 Å². The van der Waals surface area contributed by atoms with Crippen molar-refractivity contribution in [1.29, 1.82) is 0 Å². The third-order valence-electron chi connectivity index (χ3n) is 4.40. The minimum atomic E-state index is -0.297. The number of hydrogen-bond donors (Lipinski definition) is 1. The first-order valence-electron chi connectivity index (χ1n) is 8.39. The van der Waals surface area contributed by atoms with Crippen molar-refractivity contribution in [1.82, 2.24) is 15.1 Å². The zero-order valence-corrected chi connectivity index (χ0v) is 14.2. The Hall–Kier alpha value is -2.93. The number of ether oxygens (including phenoxy) is 1. The molecule has 3 aromatic rings. The number of hydrogen-bond acceptors (Lipinski definition) is 4. The molecule has 1 saturated heterocycles. The minimum absolute atomic E-state index is 0.175. The molecule has 0 aliphatic carbocycles. The van der Waals surface area contributed by atoms with Crippen LogP contribution in [-0.4, -0.2) is 40.7 Å². The number of nitrogens with zero attached hydrogens (tertiary/aromatic N) is 2. The Kier molecular flexibility index (Phi) is 4.30. The van der Waals surface area contributed by atoms with Crippen LogP contribution in [0.3, 0.4) is 0 Å². The number of amides is 1. The second kappa shape index (κ2) is 6.76. The lowest BCUT2D eigenvalue weighted by molar-refractivity contribution is -0.0230. The van der Waals surface area contributed by atoms with Crippen LogP contribution in [0.25, 0.3) is 11.5 Å². The first kappa shape index (κ1) is 16.5. The van der Waals surface area contributed by atoms with Crippen molar-refractivity contribution in [2.45, 2.75) is 13.0 Å². The van der Waals surface area contributed by atoms with E-state index >= 15 is 0 Å². The predicted octanol–water partition coefficient (Wildman–Crippen LogP) is 3.33. The SMILES string of the molecule is Cc1ccc(-c2cc(C(=O)N3CCOC(c4ccc(F)cc4)C3)n[nH]2)o1. The van der Waals surface area contributed by atoms with E-state index < -0.39 is 0 Å². The summed E-state index contributed by atoms with van der Waals surface area (Å²) in [6.45, 7) is 3.16. The van der Waals surface area contributed by atoms with Gasteiger partial charge in [0.25, 0.3) is 5.91 Å². The van der Waals surface area contributed by atoms with Crippen molar-refractivity contribution in [3.63, 3.8) is 0 Å². The van der Waals surface area contributed by atoms with Crippen molar-refractivity contribution < 1.29 is 18.3 Å². The molecule has 6 nitrogen and oxygen atoms in total. The number of furan rings is 1. The van der Waals surface area contributed by atoms with Crippen molar-refractivity contribution in [3.8, 4) is 11.5 Å². The van der Waals surface area contributed by atoms with E-state index in [9.17, 15) is 9.18 Å². The molecule has 26 heavy (non-hydrogen) atoms. The largest absolute Gasteiger partial charge is 0.460 e. The summed E-state index contributed by atoms with van der Waals surface area (Å²) < 4.78 is 24.4. The molecule has 0 spiro atoms. The number of aromatic amines is 1. The van der Waals surface area contributed by atoms with Gasteiger partial charge in [-0.2, -0.15) is 5.10 Å². The van der Waals surface area contributed by atoms with Gasteiger partial charge in [0.15, 0.2) is 11.5 Å². The number of morpholine rings is 1. The predicted molar refractivity (Wildman–Crippen MR) is 92.0 cm³/mol. The summed E-state index contributed by atoms with van der Waals surface area (Å²) >= 11 is 0. The van der Waals surface area contributed by atoms with Crippen LogP contribution in [0.1, 0.15) is 27.9 Å². The fourth-order valence-electron chi connectivity index (χ4n) is 3.01. The summed E-state index contributed by atoms with van der Waals surface area (Å²) in [6.07, 6.45) is -0.278. The molecule has 4 rings (SSSR count). The summed E-state index contributed by atoms with van der Waals surface area (Å²) in [5.74, 6) is 0.957. The number of rotatable bonds is 3. The van der Waals surface area contributed by atoms with Crippen LogP contribution in [0.2, 0.25) is 0 Å². The van der Waals surface area contributed by atoms with Crippen molar-refractivity contribution >= 4 is 5.91 Å². The first-order valence-corrected chi connectivity index (χ1v) is 8.39. The number of nitrogens with one attached hydrogen (secondary N) is 1. The van der Waals surface area contributed by atoms with Gasteiger partial charge in [-0.05, 0) is 36.8 Å². The quantitative estimate of drug-likeness (QED) is 0.782. The highest BCUT2D eigenvalue weighted by molar-refractivity contribution is 5.93. The molecule has 1 atom stereocenters. The molecule has 1 N–H and O–H groups in total. The van der Waals surface area contributed by atoms with Crippen LogP contribution < -0.4 is 0 Å². The van der Waals surface area contributed by atoms with Crippen LogP contribution in [0.5, 0.6) is 0 Å². The first-order chi connectivity index (χ1) is 12.6. The second-order valence-electron chi connectivity index (χ2n) is 6.24. The average Bonchev–Trinajstić information content (AvgIpc) is 3.31. The number of aryl methyl sites for hydroxylation is 1. The summed E-state index contributed by atoms with van der Waals surface area (Å²) in [4.78, 5) is 14.5. The number of aromatic nitrogens is 2. The topological polar surface area (TPSA) is 71.4 Å². The van der Waals surface area contributed by atoms with Gasteiger partial charge in [0.1, 0.15) is 23.4 Å². The van der Waals surface area contributed by atoms with E-state index in [0.717, 1.165) is 11.3 Å². The Morgan fingerprint density at radius 3 is 2.81 bits per heavy atom. The molecule has 1 aliphatic heterocycles. The Bertz CT molecular complexity index is 916. The van der Waals surface area contributed by atoms with E-state index in [1.807, 2.05) is 19.1 Å². The zero-order chi connectivity index (χ0) is 18.1. The van der Waals surface area contributed by atoms with E-state index in [0.29, 0.717) is 36.8 Å². The van der Waals surface area contributed by atoms with Crippen molar-refractivity contribution in [2.24, 2.45) is 0 Å². The lowest BCUT2D eigenvalue weighted by Gasteiger charge is -2.32. The molecule has 1 amide bonds. The molecule has 2 aromatic heterocycles. The number of H-pyrrole nitrogens is 1. The smallest absolute Gasteiger partial charge is 0.274 e. The number of halogens is 1. The summed E-state index contributed by atoms with van der Waals surface area (Å²) in [7, 11) is 0. The molecule has 0 saturated carbocycles. The molecule has 0 bridgehead atoms. The van der Waals surface area contributed by atoms with Gasteiger partial charge >= 0.3 is 0 Å². The number of benzene rings is 1. The second-order valence-corrected chi connectivity index (χ2v) is 6.24.